The molecular formula is C9H22N2. The molecule has 0 fully saturated rings. The van der Waals surface area contributed by atoms with Crippen LogP contribution in [0.15, 0.2) is 0 Å². The normalized spacial score (nSPS) is 15.0. The first-order valence-corrected chi connectivity index (χ1v) is 4.26. The highest BCUT2D eigenvalue weighted by atomic mass is 15.2. The molecule has 0 aliphatic rings. The molecule has 0 radical (unpaired) electrons. The number of hydrogen-bond acceptors (Lipinski definition) is 2. The first-order chi connectivity index (χ1) is 4.95. The Kier molecular flexibility index (Phi) is 4.69. The lowest BCUT2D eigenvalue weighted by atomic mass is 10.0. The lowest BCUT2D eigenvalue weighted by molar-refractivity contribution is 0.182. The average Bonchev–Trinajstić information content (AvgIpc) is 1.81. The third-order valence-corrected chi connectivity index (χ3v) is 1.99. The maximum Gasteiger partial charge on any atom is 0.0239 e. The van der Waals surface area contributed by atoms with Crippen molar-refractivity contribution in [3.63, 3.8) is 0 Å². The van der Waals surface area contributed by atoms with E-state index in [-0.39, 0.29) is 0 Å². The highest BCUT2D eigenvalue weighted by molar-refractivity contribution is 4.71. The minimum absolute atomic E-state index is 0.671. The molecule has 1 unspecified atom stereocenters. The Morgan fingerprint density at radius 1 is 1.00 bits per heavy atom. The van der Waals surface area contributed by atoms with E-state index in [4.69, 9.17) is 0 Å². The maximum atomic E-state index is 2.30. The molecule has 0 spiro atoms. The van der Waals surface area contributed by atoms with Crippen LogP contribution in [0.25, 0.3) is 0 Å². The van der Waals surface area contributed by atoms with Gasteiger partial charge in [-0.1, -0.05) is 13.8 Å². The van der Waals surface area contributed by atoms with Crippen molar-refractivity contribution < 1.29 is 0 Å². The molecule has 1 atom stereocenters. The second kappa shape index (κ2) is 4.73. The van der Waals surface area contributed by atoms with Gasteiger partial charge >= 0.3 is 0 Å². The zero-order valence-electron chi connectivity index (χ0n) is 8.76. The molecule has 0 aromatic carbocycles. The summed E-state index contributed by atoms with van der Waals surface area (Å²) in [6, 6.07) is 0.671. The van der Waals surface area contributed by atoms with Gasteiger partial charge < -0.3 is 9.80 Å². The average molecular weight is 158 g/mol. The highest BCUT2D eigenvalue weighted by Crippen LogP contribution is 2.07. The quantitative estimate of drug-likeness (QED) is 0.605. The fraction of sp³-hybridized carbons (Fsp3) is 1.00. The van der Waals surface area contributed by atoms with Crippen molar-refractivity contribution in [2.75, 3.05) is 34.7 Å². The van der Waals surface area contributed by atoms with Gasteiger partial charge in [-0.2, -0.15) is 0 Å². The molecule has 0 bridgehead atoms. The van der Waals surface area contributed by atoms with Crippen LogP contribution in [-0.2, 0) is 0 Å². The lowest BCUT2D eigenvalue weighted by Crippen LogP contribution is -2.41. The van der Waals surface area contributed by atoms with Crippen LogP contribution in [0.1, 0.15) is 13.8 Å². The number of nitrogens with zero attached hydrogens (tertiary/aromatic N) is 2. The lowest BCUT2D eigenvalue weighted by Gasteiger charge is -2.30. The van der Waals surface area contributed by atoms with E-state index in [9.17, 15) is 0 Å². The molecule has 0 heterocycles. The van der Waals surface area contributed by atoms with Gasteiger partial charge in [0.15, 0.2) is 0 Å². The molecule has 68 valence electrons. The predicted octanol–water partition coefficient (Wildman–Crippen LogP) is 1.13. The molecule has 2 heteroatoms. The van der Waals surface area contributed by atoms with Gasteiger partial charge in [-0.05, 0) is 34.1 Å². The van der Waals surface area contributed by atoms with Gasteiger partial charge in [-0.25, -0.2) is 0 Å². The Hall–Kier alpha value is -0.0800. The Balaban J connectivity index is 3.90. The van der Waals surface area contributed by atoms with Gasteiger partial charge in [-0.15, -0.1) is 0 Å². The van der Waals surface area contributed by atoms with Gasteiger partial charge in [-0.3, -0.25) is 0 Å². The number of rotatable bonds is 4. The third kappa shape index (κ3) is 4.38. The summed E-state index contributed by atoms with van der Waals surface area (Å²) in [5.41, 5.74) is 0. The van der Waals surface area contributed by atoms with Crippen molar-refractivity contribution in [2.24, 2.45) is 5.92 Å². The molecule has 11 heavy (non-hydrogen) atoms. The van der Waals surface area contributed by atoms with Crippen LogP contribution < -0.4 is 0 Å². The molecule has 0 aliphatic carbocycles. The SMILES string of the molecule is CC(C)C(CN(C)C)N(C)C. The summed E-state index contributed by atoms with van der Waals surface area (Å²) in [4.78, 5) is 4.54. The molecular weight excluding hydrogens is 136 g/mol. The summed E-state index contributed by atoms with van der Waals surface area (Å²) >= 11 is 0. The standard InChI is InChI=1S/C9H22N2/c1-8(2)9(11(5)6)7-10(3)4/h8-9H,7H2,1-6H3. The second-order valence-corrected chi connectivity index (χ2v) is 4.04. The van der Waals surface area contributed by atoms with E-state index in [0.717, 1.165) is 12.5 Å². The molecule has 0 aromatic rings. The molecule has 0 saturated heterocycles. The van der Waals surface area contributed by atoms with E-state index in [0.29, 0.717) is 6.04 Å². The smallest absolute Gasteiger partial charge is 0.0239 e. The second-order valence-electron chi connectivity index (χ2n) is 4.04. The minimum Gasteiger partial charge on any atom is -0.308 e. The van der Waals surface area contributed by atoms with Gasteiger partial charge in [0.2, 0.25) is 0 Å². The van der Waals surface area contributed by atoms with E-state index in [2.05, 4.69) is 51.8 Å². The molecule has 0 rings (SSSR count). The largest absolute Gasteiger partial charge is 0.308 e. The summed E-state index contributed by atoms with van der Waals surface area (Å²) in [6.45, 7) is 5.69. The summed E-state index contributed by atoms with van der Waals surface area (Å²) < 4.78 is 0. The fourth-order valence-electron chi connectivity index (χ4n) is 1.34. The first kappa shape index (κ1) is 10.9. The Bertz CT molecular complexity index is 89.7. The molecule has 0 N–H and O–H groups in total. The molecule has 0 amide bonds. The Morgan fingerprint density at radius 3 is 1.55 bits per heavy atom. The van der Waals surface area contributed by atoms with Crippen LogP contribution in [-0.4, -0.2) is 50.6 Å². The van der Waals surface area contributed by atoms with Gasteiger partial charge in [0.05, 0.1) is 0 Å². The van der Waals surface area contributed by atoms with E-state index in [1.54, 1.807) is 0 Å². The van der Waals surface area contributed by atoms with Crippen LogP contribution in [0, 0.1) is 5.92 Å². The van der Waals surface area contributed by atoms with E-state index in [1.165, 1.54) is 0 Å². The summed E-state index contributed by atoms with van der Waals surface area (Å²) in [5, 5.41) is 0. The van der Waals surface area contributed by atoms with E-state index in [1.807, 2.05) is 0 Å². The summed E-state index contributed by atoms with van der Waals surface area (Å²) in [5.74, 6) is 0.729. The molecule has 0 aromatic heterocycles. The Labute approximate surface area is 71.2 Å². The molecule has 0 aliphatic heterocycles. The molecule has 2 nitrogen and oxygen atoms in total. The number of likely N-dealkylation sites (N-methyl/N-ethyl adjacent to an activating group) is 2. The van der Waals surface area contributed by atoms with Crippen molar-refractivity contribution >= 4 is 0 Å². The maximum absolute atomic E-state index is 2.30. The number of hydrogen-bond donors (Lipinski definition) is 0. The van der Waals surface area contributed by atoms with Gasteiger partial charge in [0.1, 0.15) is 0 Å². The van der Waals surface area contributed by atoms with Crippen LogP contribution in [0.4, 0.5) is 0 Å². The topological polar surface area (TPSA) is 6.48 Å². The van der Waals surface area contributed by atoms with E-state index >= 15 is 0 Å². The van der Waals surface area contributed by atoms with Crippen LogP contribution in [0.2, 0.25) is 0 Å². The van der Waals surface area contributed by atoms with Crippen molar-refractivity contribution in [2.45, 2.75) is 19.9 Å². The Morgan fingerprint density at radius 2 is 1.45 bits per heavy atom. The van der Waals surface area contributed by atoms with Crippen molar-refractivity contribution in [1.29, 1.82) is 0 Å². The van der Waals surface area contributed by atoms with E-state index < -0.39 is 0 Å². The van der Waals surface area contributed by atoms with Crippen molar-refractivity contribution in [3.05, 3.63) is 0 Å². The van der Waals surface area contributed by atoms with Crippen molar-refractivity contribution in [3.8, 4) is 0 Å². The molecule has 0 saturated carbocycles. The monoisotopic (exact) mass is 158 g/mol. The summed E-state index contributed by atoms with van der Waals surface area (Å²) in [7, 11) is 8.54. The highest BCUT2D eigenvalue weighted by Gasteiger charge is 2.15. The minimum atomic E-state index is 0.671. The van der Waals surface area contributed by atoms with Crippen LogP contribution >= 0.6 is 0 Å². The predicted molar refractivity (Wildman–Crippen MR) is 50.9 cm³/mol. The zero-order chi connectivity index (χ0) is 9.02. The van der Waals surface area contributed by atoms with Gasteiger partial charge in [0, 0.05) is 12.6 Å². The first-order valence-electron chi connectivity index (χ1n) is 4.26. The third-order valence-electron chi connectivity index (χ3n) is 1.99. The van der Waals surface area contributed by atoms with Crippen molar-refractivity contribution in [1.82, 2.24) is 9.80 Å². The van der Waals surface area contributed by atoms with Gasteiger partial charge in [0.25, 0.3) is 0 Å². The summed E-state index contributed by atoms with van der Waals surface area (Å²) in [6.07, 6.45) is 0. The van der Waals surface area contributed by atoms with Crippen LogP contribution in [0.3, 0.4) is 0 Å². The van der Waals surface area contributed by atoms with Crippen LogP contribution in [0.5, 0.6) is 0 Å². The fourth-order valence-corrected chi connectivity index (χ4v) is 1.34. The zero-order valence-corrected chi connectivity index (χ0v) is 8.76.